The van der Waals surface area contributed by atoms with Gasteiger partial charge in [0.1, 0.15) is 5.69 Å². The van der Waals surface area contributed by atoms with Gasteiger partial charge in [-0.05, 0) is 37.1 Å². The Morgan fingerprint density at radius 2 is 2.12 bits per heavy atom. The number of rotatable bonds is 5. The Hall–Kier alpha value is -2.99. The summed E-state index contributed by atoms with van der Waals surface area (Å²) in [6, 6.07) is 9.80. The molecule has 0 aliphatic heterocycles. The summed E-state index contributed by atoms with van der Waals surface area (Å²) in [5.74, 6) is 0. The van der Waals surface area contributed by atoms with Gasteiger partial charge in [-0.2, -0.15) is 0 Å². The monoisotopic (exact) mass is 347 g/mol. The molecule has 4 rings (SSSR count). The van der Waals surface area contributed by atoms with Gasteiger partial charge in [-0.25, -0.2) is 9.97 Å². The van der Waals surface area contributed by atoms with E-state index in [1.807, 2.05) is 18.3 Å². The topological polar surface area (TPSA) is 89.6 Å². The standard InChI is InChI=1S/C20H21N5O/c1-2-13-6-3-7-14-15(12-25(18(13)14)11-5-9-21)17-20(26)23-16-8-4-10-22-19(16)24-17/h3-4,6-8,10,12H,2,5,9,11,21H2,1H3,(H,23,26). The minimum Gasteiger partial charge on any atom is -0.347 e. The van der Waals surface area contributed by atoms with Crippen LogP contribution in [-0.4, -0.2) is 26.1 Å². The number of H-pyrrole nitrogens is 1. The van der Waals surface area contributed by atoms with E-state index in [9.17, 15) is 4.79 Å². The fourth-order valence-corrected chi connectivity index (χ4v) is 3.45. The molecule has 0 aliphatic rings. The smallest absolute Gasteiger partial charge is 0.275 e. The highest BCUT2D eigenvalue weighted by molar-refractivity contribution is 5.97. The van der Waals surface area contributed by atoms with Crippen LogP contribution in [0.25, 0.3) is 33.3 Å². The minimum atomic E-state index is -0.203. The van der Waals surface area contributed by atoms with Crippen molar-refractivity contribution < 1.29 is 0 Å². The summed E-state index contributed by atoms with van der Waals surface area (Å²) >= 11 is 0. The van der Waals surface area contributed by atoms with E-state index >= 15 is 0 Å². The molecule has 0 atom stereocenters. The molecule has 0 spiro atoms. The van der Waals surface area contributed by atoms with Crippen LogP contribution in [0.2, 0.25) is 0 Å². The predicted molar refractivity (Wildman–Crippen MR) is 104 cm³/mol. The van der Waals surface area contributed by atoms with E-state index in [-0.39, 0.29) is 5.56 Å². The lowest BCUT2D eigenvalue weighted by molar-refractivity contribution is 0.669. The third-order valence-corrected chi connectivity index (χ3v) is 4.69. The van der Waals surface area contributed by atoms with Gasteiger partial charge in [-0.15, -0.1) is 0 Å². The fraction of sp³-hybridized carbons (Fsp3) is 0.250. The van der Waals surface area contributed by atoms with Crippen molar-refractivity contribution in [2.24, 2.45) is 5.73 Å². The lowest BCUT2D eigenvalue weighted by atomic mass is 10.1. The number of nitrogens with two attached hydrogens (primary N) is 1. The quantitative estimate of drug-likeness (QED) is 0.581. The molecule has 3 N–H and O–H groups in total. The number of nitrogens with one attached hydrogen (secondary N) is 1. The zero-order valence-corrected chi connectivity index (χ0v) is 14.7. The molecular formula is C20H21N5O. The first-order chi connectivity index (χ1) is 12.7. The molecule has 26 heavy (non-hydrogen) atoms. The number of aromatic nitrogens is 4. The lowest BCUT2D eigenvalue weighted by Crippen LogP contribution is -2.11. The number of hydrogen-bond donors (Lipinski definition) is 2. The van der Waals surface area contributed by atoms with Crippen molar-refractivity contribution in [3.05, 3.63) is 58.6 Å². The highest BCUT2D eigenvalue weighted by Crippen LogP contribution is 2.31. The summed E-state index contributed by atoms with van der Waals surface area (Å²) in [6.07, 6.45) is 5.50. The van der Waals surface area contributed by atoms with Crippen molar-refractivity contribution >= 4 is 22.1 Å². The Morgan fingerprint density at radius 1 is 1.23 bits per heavy atom. The second kappa shape index (κ2) is 6.72. The summed E-state index contributed by atoms with van der Waals surface area (Å²) in [4.78, 5) is 24.4. The van der Waals surface area contributed by atoms with Crippen LogP contribution in [0.3, 0.4) is 0 Å². The maximum absolute atomic E-state index is 12.7. The van der Waals surface area contributed by atoms with E-state index in [0.717, 1.165) is 35.9 Å². The van der Waals surface area contributed by atoms with Crippen molar-refractivity contribution in [3.8, 4) is 11.3 Å². The molecule has 0 bridgehead atoms. The number of nitrogens with zero attached hydrogens (tertiary/aromatic N) is 3. The molecule has 0 saturated heterocycles. The van der Waals surface area contributed by atoms with Crippen molar-refractivity contribution in [2.45, 2.75) is 26.3 Å². The number of fused-ring (bicyclic) bond motifs is 2. The third-order valence-electron chi connectivity index (χ3n) is 4.69. The fourth-order valence-electron chi connectivity index (χ4n) is 3.45. The summed E-state index contributed by atoms with van der Waals surface area (Å²) in [7, 11) is 0. The van der Waals surface area contributed by atoms with E-state index in [1.54, 1.807) is 18.3 Å². The first-order valence-electron chi connectivity index (χ1n) is 8.89. The molecule has 6 nitrogen and oxygen atoms in total. The first-order valence-corrected chi connectivity index (χ1v) is 8.89. The van der Waals surface area contributed by atoms with E-state index in [4.69, 9.17) is 5.73 Å². The van der Waals surface area contributed by atoms with Gasteiger partial charge in [0, 0.05) is 29.9 Å². The summed E-state index contributed by atoms with van der Waals surface area (Å²) in [5, 5.41) is 1.04. The van der Waals surface area contributed by atoms with E-state index in [0.29, 0.717) is 23.4 Å². The molecule has 132 valence electrons. The Kier molecular flexibility index (Phi) is 4.26. The van der Waals surface area contributed by atoms with Gasteiger partial charge < -0.3 is 15.3 Å². The van der Waals surface area contributed by atoms with Gasteiger partial charge in [0.05, 0.1) is 11.0 Å². The lowest BCUT2D eigenvalue weighted by Gasteiger charge is -2.07. The largest absolute Gasteiger partial charge is 0.347 e. The van der Waals surface area contributed by atoms with Crippen molar-refractivity contribution in [1.82, 2.24) is 19.5 Å². The number of para-hydroxylation sites is 1. The third kappa shape index (κ3) is 2.68. The van der Waals surface area contributed by atoms with Crippen molar-refractivity contribution in [1.29, 1.82) is 0 Å². The molecule has 1 aromatic carbocycles. The SMILES string of the molecule is CCc1cccc2c(-c3nc4ncccc4[nH]c3=O)cn(CCCN)c12. The molecule has 3 heterocycles. The van der Waals surface area contributed by atoms with Crippen LogP contribution >= 0.6 is 0 Å². The first kappa shape index (κ1) is 16.5. The van der Waals surface area contributed by atoms with Crippen LogP contribution in [-0.2, 0) is 13.0 Å². The zero-order chi connectivity index (χ0) is 18.1. The van der Waals surface area contributed by atoms with E-state index in [2.05, 4.69) is 32.5 Å². The number of pyridine rings is 1. The summed E-state index contributed by atoms with van der Waals surface area (Å²) < 4.78 is 2.19. The van der Waals surface area contributed by atoms with Crippen LogP contribution in [0.1, 0.15) is 18.9 Å². The Balaban J connectivity index is 2.00. The van der Waals surface area contributed by atoms with Gasteiger partial charge in [0.2, 0.25) is 0 Å². The highest BCUT2D eigenvalue weighted by atomic mass is 16.1. The van der Waals surface area contributed by atoms with Gasteiger partial charge >= 0.3 is 0 Å². The normalized spacial score (nSPS) is 11.5. The van der Waals surface area contributed by atoms with Gasteiger partial charge in [-0.3, -0.25) is 4.79 Å². The molecule has 0 unspecified atom stereocenters. The van der Waals surface area contributed by atoms with Crippen LogP contribution in [0, 0.1) is 0 Å². The zero-order valence-electron chi connectivity index (χ0n) is 14.7. The second-order valence-corrected chi connectivity index (χ2v) is 6.33. The van der Waals surface area contributed by atoms with Gasteiger partial charge in [0.25, 0.3) is 5.56 Å². The van der Waals surface area contributed by atoms with Crippen LogP contribution < -0.4 is 11.3 Å². The molecule has 0 fully saturated rings. The number of aryl methyl sites for hydroxylation is 2. The Labute approximate surface area is 150 Å². The molecule has 0 saturated carbocycles. The van der Waals surface area contributed by atoms with Gasteiger partial charge in [0.15, 0.2) is 5.65 Å². The highest BCUT2D eigenvalue weighted by Gasteiger charge is 2.17. The average molecular weight is 347 g/mol. The van der Waals surface area contributed by atoms with E-state index in [1.165, 1.54) is 5.56 Å². The van der Waals surface area contributed by atoms with Crippen LogP contribution in [0.5, 0.6) is 0 Å². The molecule has 6 heteroatoms. The molecule has 3 aromatic heterocycles. The molecular weight excluding hydrogens is 326 g/mol. The average Bonchev–Trinajstić information content (AvgIpc) is 3.04. The van der Waals surface area contributed by atoms with Crippen LogP contribution in [0.4, 0.5) is 0 Å². The molecule has 0 aliphatic carbocycles. The summed E-state index contributed by atoms with van der Waals surface area (Å²) in [5.41, 5.74) is 10.3. The maximum Gasteiger partial charge on any atom is 0.275 e. The number of hydrogen-bond acceptors (Lipinski definition) is 4. The Morgan fingerprint density at radius 3 is 2.92 bits per heavy atom. The van der Waals surface area contributed by atoms with Gasteiger partial charge in [-0.1, -0.05) is 25.1 Å². The Bertz CT molecular complexity index is 1140. The second-order valence-electron chi connectivity index (χ2n) is 6.33. The van der Waals surface area contributed by atoms with E-state index < -0.39 is 0 Å². The number of benzene rings is 1. The molecule has 0 amide bonds. The molecule has 4 aromatic rings. The summed E-state index contributed by atoms with van der Waals surface area (Å²) in [6.45, 7) is 3.58. The maximum atomic E-state index is 12.7. The van der Waals surface area contributed by atoms with Crippen LogP contribution in [0.15, 0.2) is 47.5 Å². The minimum absolute atomic E-state index is 0.203. The predicted octanol–water partition coefficient (Wildman–Crippen LogP) is 2.85. The number of aromatic amines is 1. The van der Waals surface area contributed by atoms with Crippen molar-refractivity contribution in [3.63, 3.8) is 0 Å². The molecule has 0 radical (unpaired) electrons. The van der Waals surface area contributed by atoms with Crippen molar-refractivity contribution in [2.75, 3.05) is 6.54 Å².